The van der Waals surface area contributed by atoms with Crippen LogP contribution in [0.2, 0.25) is 0 Å². The van der Waals surface area contributed by atoms with Gasteiger partial charge in [0.1, 0.15) is 29.5 Å². The lowest BCUT2D eigenvalue weighted by molar-refractivity contribution is -0.153. The first-order valence-electron chi connectivity index (χ1n) is 11.3. The van der Waals surface area contributed by atoms with E-state index in [0.29, 0.717) is 11.5 Å². The van der Waals surface area contributed by atoms with E-state index in [1.165, 1.54) is 16.7 Å². The maximum Gasteiger partial charge on any atom is 0.355 e. The maximum absolute atomic E-state index is 13.2. The molecule has 2 aliphatic heterocycles. The fourth-order valence-corrected chi connectivity index (χ4v) is 5.34. The van der Waals surface area contributed by atoms with Crippen LogP contribution in [0.4, 0.5) is 0 Å². The number of nitrogens with one attached hydrogen (secondary N) is 1. The van der Waals surface area contributed by atoms with E-state index >= 15 is 0 Å². The third-order valence-corrected chi connectivity index (χ3v) is 7.01. The Morgan fingerprint density at radius 3 is 2.46 bits per heavy atom. The number of amides is 2. The van der Waals surface area contributed by atoms with Crippen LogP contribution in [-0.2, 0) is 32.1 Å². The molecule has 2 aliphatic rings. The van der Waals surface area contributed by atoms with Crippen LogP contribution in [0.15, 0.2) is 77.5 Å². The number of fused-ring (bicyclic) bond motifs is 1. The van der Waals surface area contributed by atoms with Gasteiger partial charge in [-0.25, -0.2) is 4.79 Å². The predicted molar refractivity (Wildman–Crippen MR) is 134 cm³/mol. The van der Waals surface area contributed by atoms with Gasteiger partial charge in [-0.3, -0.25) is 14.5 Å². The molecule has 2 amide bonds. The van der Waals surface area contributed by atoms with Crippen LogP contribution in [0.5, 0.6) is 5.75 Å². The van der Waals surface area contributed by atoms with Crippen LogP contribution in [0, 0.1) is 0 Å². The predicted octanol–water partition coefficient (Wildman–Crippen LogP) is 3.60. The zero-order chi connectivity index (χ0) is 24.9. The van der Waals surface area contributed by atoms with Gasteiger partial charge in [0.2, 0.25) is 5.91 Å². The molecule has 1 saturated heterocycles. The smallest absolute Gasteiger partial charge is 0.355 e. The van der Waals surface area contributed by atoms with Gasteiger partial charge in [0.15, 0.2) is 0 Å². The van der Waals surface area contributed by atoms with Gasteiger partial charge in [-0.2, -0.15) is 0 Å². The number of esters is 1. The first kappa shape index (κ1) is 24.6. The Hall–Kier alpha value is -3.52. The van der Waals surface area contributed by atoms with Gasteiger partial charge in [-0.1, -0.05) is 54.1 Å². The van der Waals surface area contributed by atoms with Gasteiger partial charge in [-0.05, 0) is 42.7 Å². The molecule has 4 rings (SSSR count). The Bertz CT molecular complexity index is 1170. The van der Waals surface area contributed by atoms with E-state index in [0.717, 1.165) is 22.3 Å². The number of carbonyl (C=O) groups is 3. The molecule has 0 radical (unpaired) electrons. The summed E-state index contributed by atoms with van der Waals surface area (Å²) in [4.78, 5) is 40.3. The lowest BCUT2D eigenvalue weighted by atomic mass is 10.0. The number of β-lactam (4-membered cyclic amide) rings is 1. The Labute approximate surface area is 209 Å². The Kier molecular flexibility index (Phi) is 7.60. The Morgan fingerprint density at radius 2 is 1.80 bits per heavy atom. The van der Waals surface area contributed by atoms with Crippen LogP contribution in [0.1, 0.15) is 25.0 Å². The molecule has 0 bridgehead atoms. The molecular formula is C27H28N2O5S. The summed E-state index contributed by atoms with van der Waals surface area (Å²) in [5.41, 5.74) is 3.69. The van der Waals surface area contributed by atoms with Crippen LogP contribution in [0.25, 0.3) is 0 Å². The number of rotatable bonds is 8. The number of allylic oxidation sites excluding steroid dienone is 2. The van der Waals surface area contributed by atoms with Crippen molar-refractivity contribution in [3.8, 4) is 5.75 Å². The van der Waals surface area contributed by atoms with Crippen molar-refractivity contribution in [2.24, 2.45) is 0 Å². The highest BCUT2D eigenvalue weighted by Crippen LogP contribution is 2.41. The monoisotopic (exact) mass is 492 g/mol. The zero-order valence-electron chi connectivity index (χ0n) is 19.9. The Morgan fingerprint density at radius 1 is 1.09 bits per heavy atom. The molecule has 0 saturated carbocycles. The van der Waals surface area contributed by atoms with Crippen molar-refractivity contribution in [2.75, 3.05) is 12.9 Å². The summed E-state index contributed by atoms with van der Waals surface area (Å²) >= 11 is 1.53. The van der Waals surface area contributed by atoms with Crippen molar-refractivity contribution in [1.82, 2.24) is 10.2 Å². The van der Waals surface area contributed by atoms with Crippen molar-refractivity contribution in [3.05, 3.63) is 88.6 Å². The first-order valence-corrected chi connectivity index (χ1v) is 12.4. The number of ether oxygens (including phenoxy) is 2. The molecule has 2 heterocycles. The molecule has 0 aliphatic carbocycles. The second-order valence-corrected chi connectivity index (χ2v) is 9.74. The standard InChI is InChI=1S/C27H28N2O5S/c1-17(2)13-20-16-35-26-23(28-22(30)14-18-7-5-4-6-8-18)25(31)29(26)24(20)27(32)34-15-19-9-11-21(33-3)12-10-19/h4-13,23,26H,14-16H2,1-3H3,(H,28,30)/t23-,26?/m1/s1. The van der Waals surface area contributed by atoms with Crippen molar-refractivity contribution >= 4 is 29.5 Å². The summed E-state index contributed by atoms with van der Waals surface area (Å²) in [5.74, 6) is 0.169. The molecule has 7 nitrogen and oxygen atoms in total. The average Bonchev–Trinajstić information content (AvgIpc) is 2.86. The lowest BCUT2D eigenvalue weighted by Gasteiger charge is -2.49. The summed E-state index contributed by atoms with van der Waals surface area (Å²) in [6.07, 6.45) is 2.10. The molecule has 1 fully saturated rings. The molecule has 1 N–H and O–H groups in total. The number of benzene rings is 2. The number of hydrogen-bond acceptors (Lipinski definition) is 6. The molecule has 182 valence electrons. The first-order chi connectivity index (χ1) is 16.9. The van der Waals surface area contributed by atoms with E-state index in [1.807, 2.05) is 62.4 Å². The minimum atomic E-state index is -0.672. The normalized spacial score (nSPS) is 18.8. The molecule has 2 aromatic rings. The van der Waals surface area contributed by atoms with E-state index in [9.17, 15) is 14.4 Å². The van der Waals surface area contributed by atoms with Crippen molar-refractivity contribution < 1.29 is 23.9 Å². The molecule has 8 heteroatoms. The number of carbonyl (C=O) groups excluding carboxylic acids is 3. The lowest BCUT2D eigenvalue weighted by Crippen LogP contribution is -2.70. The van der Waals surface area contributed by atoms with Gasteiger partial charge in [0, 0.05) is 5.75 Å². The summed E-state index contributed by atoms with van der Waals surface area (Å²) in [6, 6.07) is 15.9. The van der Waals surface area contributed by atoms with Gasteiger partial charge in [0.25, 0.3) is 5.91 Å². The van der Waals surface area contributed by atoms with E-state index in [4.69, 9.17) is 9.47 Å². The summed E-state index contributed by atoms with van der Waals surface area (Å²) < 4.78 is 10.8. The number of methoxy groups -OCH3 is 1. The number of hydrogen-bond donors (Lipinski definition) is 1. The van der Waals surface area contributed by atoms with E-state index in [2.05, 4.69) is 5.32 Å². The molecule has 0 spiro atoms. The largest absolute Gasteiger partial charge is 0.497 e. The van der Waals surface area contributed by atoms with Gasteiger partial charge in [-0.15, -0.1) is 11.8 Å². The molecule has 35 heavy (non-hydrogen) atoms. The fraction of sp³-hybridized carbons (Fsp3) is 0.296. The van der Waals surface area contributed by atoms with E-state index < -0.39 is 12.0 Å². The van der Waals surface area contributed by atoms with E-state index in [-0.39, 0.29) is 35.9 Å². The van der Waals surface area contributed by atoms with Crippen molar-refractivity contribution in [3.63, 3.8) is 0 Å². The molecular weight excluding hydrogens is 464 g/mol. The summed E-state index contributed by atoms with van der Waals surface area (Å²) in [7, 11) is 1.59. The van der Waals surface area contributed by atoms with E-state index in [1.54, 1.807) is 19.2 Å². The number of thioether (sulfide) groups is 1. The average molecular weight is 493 g/mol. The highest BCUT2D eigenvalue weighted by atomic mass is 32.2. The van der Waals surface area contributed by atoms with Crippen molar-refractivity contribution in [2.45, 2.75) is 38.3 Å². The molecule has 2 aromatic carbocycles. The summed E-state index contributed by atoms with van der Waals surface area (Å²) in [6.45, 7) is 3.95. The fourth-order valence-electron chi connectivity index (χ4n) is 4.04. The molecule has 2 atom stereocenters. The van der Waals surface area contributed by atoms with Crippen LogP contribution in [-0.4, -0.2) is 47.0 Å². The maximum atomic E-state index is 13.2. The van der Waals surface area contributed by atoms with Gasteiger partial charge >= 0.3 is 5.97 Å². The zero-order valence-corrected chi connectivity index (χ0v) is 20.8. The SMILES string of the molecule is COc1ccc(COC(=O)C2=C(C=C(C)C)CSC3[C@H](NC(=O)Cc4ccccc4)C(=O)N23)cc1. The highest BCUT2D eigenvalue weighted by molar-refractivity contribution is 8.00. The quantitative estimate of drug-likeness (QED) is 0.448. The second-order valence-electron chi connectivity index (χ2n) is 8.64. The number of nitrogens with zero attached hydrogens (tertiary/aromatic N) is 1. The second kappa shape index (κ2) is 10.8. The molecule has 0 aromatic heterocycles. The summed E-state index contributed by atoms with van der Waals surface area (Å²) in [5, 5.41) is 2.50. The Balaban J connectivity index is 1.47. The minimum Gasteiger partial charge on any atom is -0.497 e. The van der Waals surface area contributed by atoms with Gasteiger partial charge in [0.05, 0.1) is 13.5 Å². The minimum absolute atomic E-state index is 0.0749. The topological polar surface area (TPSA) is 84.9 Å². The third-order valence-electron chi connectivity index (χ3n) is 5.71. The van der Waals surface area contributed by atoms with Crippen LogP contribution < -0.4 is 10.1 Å². The van der Waals surface area contributed by atoms with Crippen LogP contribution >= 0.6 is 11.8 Å². The third kappa shape index (κ3) is 5.59. The molecule has 1 unspecified atom stereocenters. The van der Waals surface area contributed by atoms with Crippen LogP contribution in [0.3, 0.4) is 0 Å². The highest BCUT2D eigenvalue weighted by Gasteiger charge is 2.54. The van der Waals surface area contributed by atoms with Crippen molar-refractivity contribution in [1.29, 1.82) is 0 Å². The van der Waals surface area contributed by atoms with Gasteiger partial charge < -0.3 is 14.8 Å².